The van der Waals surface area contributed by atoms with Crippen LogP contribution in [0.15, 0.2) is 60.8 Å². The Hall–Kier alpha value is -2.92. The minimum Gasteiger partial charge on any atom is -0.375 e. The summed E-state index contributed by atoms with van der Waals surface area (Å²) in [5.74, 6) is 0.00355. The summed E-state index contributed by atoms with van der Waals surface area (Å²) in [7, 11) is 0. The second kappa shape index (κ2) is 7.37. The second-order valence-electron chi connectivity index (χ2n) is 6.97. The molecule has 0 saturated carbocycles. The van der Waals surface area contributed by atoms with Gasteiger partial charge in [-0.05, 0) is 32.0 Å². The van der Waals surface area contributed by atoms with Crippen LogP contribution >= 0.6 is 0 Å². The van der Waals surface area contributed by atoms with E-state index in [-0.39, 0.29) is 12.0 Å². The summed E-state index contributed by atoms with van der Waals surface area (Å²) in [6.45, 7) is 5.81. The van der Waals surface area contributed by atoms with Crippen molar-refractivity contribution in [1.82, 2.24) is 14.7 Å². The molecule has 0 N–H and O–H groups in total. The van der Waals surface area contributed by atoms with Gasteiger partial charge in [-0.1, -0.05) is 42.0 Å². The number of amides is 1. The van der Waals surface area contributed by atoms with Crippen LogP contribution in [0.5, 0.6) is 0 Å². The van der Waals surface area contributed by atoms with Crippen molar-refractivity contribution >= 4 is 5.91 Å². The van der Waals surface area contributed by atoms with Gasteiger partial charge in [0.15, 0.2) is 0 Å². The Morgan fingerprint density at radius 1 is 1.15 bits per heavy atom. The lowest BCUT2D eigenvalue weighted by atomic mass is 10.0. The van der Waals surface area contributed by atoms with E-state index in [1.165, 1.54) is 0 Å². The van der Waals surface area contributed by atoms with Gasteiger partial charge in [-0.25, -0.2) is 4.68 Å². The number of hydrogen-bond donors (Lipinski definition) is 0. The SMILES string of the molecule is Cc1cccc(-c2nn(-c3ccccc3)cc2C(=O)N2CCOC(C)C2)c1. The lowest BCUT2D eigenvalue weighted by molar-refractivity contribution is -0.0123. The maximum absolute atomic E-state index is 13.3. The molecular weight excluding hydrogens is 338 g/mol. The lowest BCUT2D eigenvalue weighted by Crippen LogP contribution is -2.44. The Labute approximate surface area is 159 Å². The molecule has 2 heterocycles. The van der Waals surface area contributed by atoms with E-state index in [2.05, 4.69) is 6.07 Å². The van der Waals surface area contributed by atoms with E-state index in [0.717, 1.165) is 16.8 Å². The summed E-state index contributed by atoms with van der Waals surface area (Å²) in [5, 5.41) is 4.76. The molecule has 5 nitrogen and oxygen atoms in total. The smallest absolute Gasteiger partial charge is 0.257 e. The summed E-state index contributed by atoms with van der Waals surface area (Å²) in [6, 6.07) is 18.0. The van der Waals surface area contributed by atoms with Gasteiger partial charge in [0.1, 0.15) is 5.69 Å². The molecule has 4 rings (SSSR count). The third-order valence-electron chi connectivity index (χ3n) is 4.79. The zero-order chi connectivity index (χ0) is 18.8. The number of carbonyl (C=O) groups is 1. The van der Waals surface area contributed by atoms with Crippen molar-refractivity contribution in [2.45, 2.75) is 20.0 Å². The molecule has 1 amide bonds. The molecular formula is C22H23N3O2. The van der Waals surface area contributed by atoms with Crippen LogP contribution < -0.4 is 0 Å². The summed E-state index contributed by atoms with van der Waals surface area (Å²) >= 11 is 0. The van der Waals surface area contributed by atoms with E-state index in [1.807, 2.05) is 73.5 Å². The van der Waals surface area contributed by atoms with E-state index < -0.39 is 0 Å². The number of hydrogen-bond acceptors (Lipinski definition) is 3. The van der Waals surface area contributed by atoms with Crippen LogP contribution in [-0.4, -0.2) is 46.4 Å². The highest BCUT2D eigenvalue weighted by Gasteiger charge is 2.27. The summed E-state index contributed by atoms with van der Waals surface area (Å²) in [4.78, 5) is 15.1. The average Bonchev–Trinajstić information content (AvgIpc) is 3.13. The zero-order valence-electron chi connectivity index (χ0n) is 15.6. The van der Waals surface area contributed by atoms with Gasteiger partial charge in [0.25, 0.3) is 5.91 Å². The van der Waals surface area contributed by atoms with E-state index in [0.29, 0.717) is 31.0 Å². The molecule has 5 heteroatoms. The molecule has 138 valence electrons. The van der Waals surface area contributed by atoms with Crippen LogP contribution in [0.2, 0.25) is 0 Å². The number of carbonyl (C=O) groups excluding carboxylic acids is 1. The van der Waals surface area contributed by atoms with Crippen molar-refractivity contribution in [3.63, 3.8) is 0 Å². The van der Waals surface area contributed by atoms with Gasteiger partial charge in [0.2, 0.25) is 0 Å². The fourth-order valence-corrected chi connectivity index (χ4v) is 3.42. The predicted molar refractivity (Wildman–Crippen MR) is 105 cm³/mol. The van der Waals surface area contributed by atoms with Gasteiger partial charge in [-0.2, -0.15) is 5.10 Å². The number of aromatic nitrogens is 2. The normalized spacial score (nSPS) is 17.1. The summed E-state index contributed by atoms with van der Waals surface area (Å²) < 4.78 is 7.37. The van der Waals surface area contributed by atoms with Crippen molar-refractivity contribution in [2.75, 3.05) is 19.7 Å². The van der Waals surface area contributed by atoms with Crippen LogP contribution in [0, 0.1) is 6.92 Å². The molecule has 2 aromatic carbocycles. The monoisotopic (exact) mass is 361 g/mol. The molecule has 1 aromatic heterocycles. The molecule has 0 bridgehead atoms. The first kappa shape index (κ1) is 17.5. The second-order valence-corrected chi connectivity index (χ2v) is 6.97. The topological polar surface area (TPSA) is 47.4 Å². The maximum Gasteiger partial charge on any atom is 0.257 e. The molecule has 0 spiro atoms. The molecule has 0 radical (unpaired) electrons. The Morgan fingerprint density at radius 2 is 1.96 bits per heavy atom. The fourth-order valence-electron chi connectivity index (χ4n) is 3.42. The summed E-state index contributed by atoms with van der Waals surface area (Å²) in [6.07, 6.45) is 1.89. The number of benzene rings is 2. The Balaban J connectivity index is 1.79. The molecule has 3 aromatic rings. The number of para-hydroxylation sites is 1. The largest absolute Gasteiger partial charge is 0.375 e. The number of morpholine rings is 1. The van der Waals surface area contributed by atoms with E-state index in [4.69, 9.17) is 9.84 Å². The summed E-state index contributed by atoms with van der Waals surface area (Å²) in [5.41, 5.74) is 4.36. The molecule has 1 saturated heterocycles. The van der Waals surface area contributed by atoms with E-state index >= 15 is 0 Å². The minimum absolute atomic E-state index is 0.00355. The minimum atomic E-state index is 0.00355. The van der Waals surface area contributed by atoms with Crippen molar-refractivity contribution in [1.29, 1.82) is 0 Å². The number of aryl methyl sites for hydroxylation is 1. The van der Waals surface area contributed by atoms with Crippen LogP contribution in [0.3, 0.4) is 0 Å². The molecule has 1 aliphatic heterocycles. The van der Waals surface area contributed by atoms with Crippen LogP contribution in [0.25, 0.3) is 16.9 Å². The molecule has 1 aliphatic rings. The van der Waals surface area contributed by atoms with Gasteiger partial charge in [-0.15, -0.1) is 0 Å². The van der Waals surface area contributed by atoms with Crippen molar-refractivity contribution in [3.05, 3.63) is 71.9 Å². The third kappa shape index (κ3) is 3.64. The quantitative estimate of drug-likeness (QED) is 0.714. The van der Waals surface area contributed by atoms with Crippen molar-refractivity contribution in [2.24, 2.45) is 0 Å². The van der Waals surface area contributed by atoms with Crippen LogP contribution in [-0.2, 0) is 4.74 Å². The van der Waals surface area contributed by atoms with Gasteiger partial charge in [-0.3, -0.25) is 4.79 Å². The maximum atomic E-state index is 13.3. The number of nitrogens with zero attached hydrogens (tertiary/aromatic N) is 3. The molecule has 1 unspecified atom stereocenters. The average molecular weight is 361 g/mol. The molecule has 27 heavy (non-hydrogen) atoms. The number of ether oxygens (including phenoxy) is 1. The van der Waals surface area contributed by atoms with Crippen molar-refractivity contribution in [3.8, 4) is 16.9 Å². The number of rotatable bonds is 3. The first-order valence-corrected chi connectivity index (χ1v) is 9.25. The predicted octanol–water partition coefficient (Wildman–Crippen LogP) is 3.71. The Kier molecular flexibility index (Phi) is 4.77. The lowest BCUT2D eigenvalue weighted by Gasteiger charge is -2.31. The molecule has 1 fully saturated rings. The van der Waals surface area contributed by atoms with Gasteiger partial charge >= 0.3 is 0 Å². The van der Waals surface area contributed by atoms with E-state index in [9.17, 15) is 4.79 Å². The van der Waals surface area contributed by atoms with Gasteiger partial charge < -0.3 is 9.64 Å². The highest BCUT2D eigenvalue weighted by molar-refractivity contribution is 6.00. The zero-order valence-corrected chi connectivity index (χ0v) is 15.6. The first-order chi connectivity index (χ1) is 13.1. The van der Waals surface area contributed by atoms with Crippen molar-refractivity contribution < 1.29 is 9.53 Å². The Bertz CT molecular complexity index is 949. The fraction of sp³-hybridized carbons (Fsp3) is 0.273. The van der Waals surface area contributed by atoms with Crippen LogP contribution in [0.4, 0.5) is 0 Å². The molecule has 0 aliphatic carbocycles. The van der Waals surface area contributed by atoms with Crippen LogP contribution in [0.1, 0.15) is 22.8 Å². The third-order valence-corrected chi connectivity index (χ3v) is 4.79. The highest BCUT2D eigenvalue weighted by atomic mass is 16.5. The standard InChI is InChI=1S/C22H23N3O2/c1-16-7-6-8-18(13-16)21-20(22(26)24-11-12-27-17(2)14-24)15-25(23-21)19-9-4-3-5-10-19/h3-10,13,15,17H,11-12,14H2,1-2H3. The van der Waals surface area contributed by atoms with E-state index in [1.54, 1.807) is 4.68 Å². The highest BCUT2D eigenvalue weighted by Crippen LogP contribution is 2.26. The molecule has 1 atom stereocenters. The Morgan fingerprint density at radius 3 is 2.70 bits per heavy atom. The van der Waals surface area contributed by atoms with Gasteiger partial charge in [0, 0.05) is 24.8 Å². The first-order valence-electron chi connectivity index (χ1n) is 9.25. The van der Waals surface area contributed by atoms with Gasteiger partial charge in [0.05, 0.1) is 24.0 Å².